The zero-order valence-corrected chi connectivity index (χ0v) is 16.6. The van der Waals surface area contributed by atoms with E-state index in [4.69, 9.17) is 19.9 Å². The van der Waals surface area contributed by atoms with Gasteiger partial charge in [-0.2, -0.15) is 0 Å². The maximum Gasteiger partial charge on any atom is 0.239 e. The number of ether oxygens (including phenoxy) is 3. The summed E-state index contributed by atoms with van der Waals surface area (Å²) >= 11 is 0. The van der Waals surface area contributed by atoms with Crippen molar-refractivity contribution in [2.75, 3.05) is 27.9 Å². The highest BCUT2D eigenvalue weighted by Gasteiger charge is 2.18. The fourth-order valence-electron chi connectivity index (χ4n) is 2.09. The number of carbonyl (C=O) groups excluding carboxylic acids is 2. The number of rotatable bonds is 9. The Morgan fingerprint density at radius 2 is 1.58 bits per heavy atom. The summed E-state index contributed by atoms with van der Waals surface area (Å²) < 4.78 is 15.8. The molecule has 0 aliphatic carbocycles. The summed E-state index contributed by atoms with van der Waals surface area (Å²) in [6.45, 7) is 3.80. The maximum atomic E-state index is 11.9. The van der Waals surface area contributed by atoms with Crippen LogP contribution in [0.5, 0.6) is 17.2 Å². The van der Waals surface area contributed by atoms with Crippen LogP contribution in [0.15, 0.2) is 12.1 Å². The van der Waals surface area contributed by atoms with E-state index in [2.05, 4.69) is 10.6 Å². The van der Waals surface area contributed by atoms with Crippen molar-refractivity contribution in [1.82, 2.24) is 10.6 Å². The van der Waals surface area contributed by atoms with Gasteiger partial charge in [-0.15, -0.1) is 12.4 Å². The van der Waals surface area contributed by atoms with Crippen LogP contribution in [0.3, 0.4) is 0 Å². The average molecular weight is 390 g/mol. The van der Waals surface area contributed by atoms with Gasteiger partial charge in [0.2, 0.25) is 17.6 Å². The molecule has 0 saturated carbocycles. The maximum absolute atomic E-state index is 11.9. The van der Waals surface area contributed by atoms with Crippen LogP contribution in [0.4, 0.5) is 0 Å². The lowest BCUT2D eigenvalue weighted by Gasteiger charge is -2.16. The standard InChI is InChI=1S/C17H27N3O5.ClH/c1-10(2)15(18)17(22)20-9-14(21)19-8-11-6-12(23-3)16(25-5)13(7-11)24-4;/h6-7,10,15H,8-9,18H2,1-5H3,(H,19,21)(H,20,22);1H/t15-;/m0./s1. The molecular weight excluding hydrogens is 362 g/mol. The molecule has 1 aromatic carbocycles. The third-order valence-electron chi connectivity index (χ3n) is 3.66. The molecule has 1 atom stereocenters. The Morgan fingerprint density at radius 1 is 1.04 bits per heavy atom. The molecule has 1 aromatic rings. The molecule has 0 unspecified atom stereocenters. The number of nitrogens with one attached hydrogen (secondary N) is 2. The fraction of sp³-hybridized carbons (Fsp3) is 0.529. The first kappa shape index (κ1) is 23.8. The third-order valence-corrected chi connectivity index (χ3v) is 3.66. The normalized spacial score (nSPS) is 11.2. The van der Waals surface area contributed by atoms with Crippen LogP contribution in [0, 0.1) is 5.92 Å². The molecule has 4 N–H and O–H groups in total. The first-order chi connectivity index (χ1) is 11.8. The molecule has 1 rings (SSSR count). The monoisotopic (exact) mass is 389 g/mol. The predicted molar refractivity (Wildman–Crippen MR) is 101 cm³/mol. The van der Waals surface area contributed by atoms with Gasteiger partial charge in [0.15, 0.2) is 11.5 Å². The second kappa shape index (κ2) is 11.4. The molecule has 0 heterocycles. The van der Waals surface area contributed by atoms with Crippen LogP contribution in [0.25, 0.3) is 0 Å². The first-order valence-corrected chi connectivity index (χ1v) is 7.92. The van der Waals surface area contributed by atoms with E-state index in [1.807, 2.05) is 13.8 Å². The van der Waals surface area contributed by atoms with Crippen molar-refractivity contribution in [2.24, 2.45) is 11.7 Å². The lowest BCUT2D eigenvalue weighted by atomic mass is 10.1. The average Bonchev–Trinajstić information content (AvgIpc) is 2.62. The molecule has 0 aliphatic heterocycles. The van der Waals surface area contributed by atoms with Crippen molar-refractivity contribution in [3.05, 3.63) is 17.7 Å². The van der Waals surface area contributed by atoms with Crippen LogP contribution in [-0.2, 0) is 16.1 Å². The van der Waals surface area contributed by atoms with E-state index in [1.54, 1.807) is 12.1 Å². The summed E-state index contributed by atoms with van der Waals surface area (Å²) in [7, 11) is 4.56. The fourth-order valence-corrected chi connectivity index (χ4v) is 2.09. The molecule has 0 aromatic heterocycles. The van der Waals surface area contributed by atoms with Crippen molar-refractivity contribution in [2.45, 2.75) is 26.4 Å². The summed E-state index contributed by atoms with van der Waals surface area (Å²) in [6, 6.07) is 2.85. The van der Waals surface area contributed by atoms with E-state index >= 15 is 0 Å². The summed E-state index contributed by atoms with van der Waals surface area (Å²) in [5.41, 5.74) is 6.49. The Bertz CT molecular complexity index is 585. The SMILES string of the molecule is COc1cc(CNC(=O)CNC(=O)[C@@H](N)C(C)C)cc(OC)c1OC.Cl. The molecule has 0 aliphatic rings. The van der Waals surface area contributed by atoms with Gasteiger partial charge in [-0.3, -0.25) is 9.59 Å². The second-order valence-corrected chi connectivity index (χ2v) is 5.80. The van der Waals surface area contributed by atoms with Crippen molar-refractivity contribution >= 4 is 24.2 Å². The Morgan fingerprint density at radius 3 is 2.00 bits per heavy atom. The zero-order valence-electron chi connectivity index (χ0n) is 15.8. The Balaban J connectivity index is 0.00000625. The van der Waals surface area contributed by atoms with Crippen molar-refractivity contribution < 1.29 is 23.8 Å². The highest BCUT2D eigenvalue weighted by Crippen LogP contribution is 2.38. The van der Waals surface area contributed by atoms with Gasteiger partial charge in [0.1, 0.15) is 0 Å². The lowest BCUT2D eigenvalue weighted by molar-refractivity contribution is -0.127. The zero-order chi connectivity index (χ0) is 19.0. The topological polar surface area (TPSA) is 112 Å². The highest BCUT2D eigenvalue weighted by molar-refractivity contribution is 5.87. The van der Waals surface area contributed by atoms with Gasteiger partial charge in [-0.1, -0.05) is 13.8 Å². The Labute approximate surface area is 160 Å². The molecule has 148 valence electrons. The summed E-state index contributed by atoms with van der Waals surface area (Å²) in [5.74, 6) is 0.818. The van der Waals surface area contributed by atoms with Gasteiger partial charge >= 0.3 is 0 Å². The van der Waals surface area contributed by atoms with E-state index in [1.165, 1.54) is 21.3 Å². The molecule has 2 amide bonds. The summed E-state index contributed by atoms with van der Waals surface area (Å²) in [4.78, 5) is 23.6. The van der Waals surface area contributed by atoms with Crippen LogP contribution in [-0.4, -0.2) is 45.7 Å². The smallest absolute Gasteiger partial charge is 0.239 e. The van der Waals surface area contributed by atoms with Crippen molar-refractivity contribution in [1.29, 1.82) is 0 Å². The van der Waals surface area contributed by atoms with Crippen LogP contribution < -0.4 is 30.6 Å². The van der Waals surface area contributed by atoms with Gasteiger partial charge in [0, 0.05) is 6.54 Å². The minimum Gasteiger partial charge on any atom is -0.493 e. The molecule has 0 spiro atoms. The van der Waals surface area contributed by atoms with Crippen LogP contribution >= 0.6 is 12.4 Å². The quantitative estimate of drug-likeness (QED) is 0.577. The molecule has 0 fully saturated rings. The second-order valence-electron chi connectivity index (χ2n) is 5.80. The van der Waals surface area contributed by atoms with Gasteiger partial charge < -0.3 is 30.6 Å². The summed E-state index contributed by atoms with van der Waals surface area (Å²) in [6.07, 6.45) is 0. The van der Waals surface area contributed by atoms with Gasteiger partial charge in [0.25, 0.3) is 0 Å². The summed E-state index contributed by atoms with van der Waals surface area (Å²) in [5, 5.41) is 5.23. The largest absolute Gasteiger partial charge is 0.493 e. The molecule has 9 heteroatoms. The number of hydrogen-bond donors (Lipinski definition) is 3. The Hall–Kier alpha value is -2.19. The van der Waals surface area contributed by atoms with Gasteiger partial charge in [-0.05, 0) is 23.6 Å². The number of amides is 2. The molecule has 0 bridgehead atoms. The Kier molecular flexibility index (Phi) is 10.5. The van der Waals surface area contributed by atoms with Crippen LogP contribution in [0.1, 0.15) is 19.4 Å². The number of nitrogens with two attached hydrogens (primary N) is 1. The van der Waals surface area contributed by atoms with E-state index < -0.39 is 6.04 Å². The number of methoxy groups -OCH3 is 3. The molecule has 8 nitrogen and oxygen atoms in total. The highest BCUT2D eigenvalue weighted by atomic mass is 35.5. The van der Waals surface area contributed by atoms with Gasteiger partial charge in [-0.25, -0.2) is 0 Å². The lowest BCUT2D eigenvalue weighted by Crippen LogP contribution is -2.47. The molecular formula is C17H28ClN3O5. The number of carbonyl (C=O) groups is 2. The third kappa shape index (κ3) is 6.61. The first-order valence-electron chi connectivity index (χ1n) is 7.92. The van der Waals surface area contributed by atoms with E-state index in [0.717, 1.165) is 5.56 Å². The van der Waals surface area contributed by atoms with Gasteiger partial charge in [0.05, 0.1) is 33.9 Å². The molecule has 0 radical (unpaired) electrons. The predicted octanol–water partition coefficient (Wildman–Crippen LogP) is 0.850. The minimum absolute atomic E-state index is 0. The van der Waals surface area contributed by atoms with E-state index in [-0.39, 0.29) is 43.2 Å². The van der Waals surface area contributed by atoms with E-state index in [0.29, 0.717) is 17.2 Å². The minimum atomic E-state index is -0.636. The van der Waals surface area contributed by atoms with Crippen LogP contribution in [0.2, 0.25) is 0 Å². The number of benzene rings is 1. The molecule has 26 heavy (non-hydrogen) atoms. The number of hydrogen-bond acceptors (Lipinski definition) is 6. The van der Waals surface area contributed by atoms with Crippen molar-refractivity contribution in [3.63, 3.8) is 0 Å². The number of halogens is 1. The van der Waals surface area contributed by atoms with E-state index in [9.17, 15) is 9.59 Å². The van der Waals surface area contributed by atoms with Crippen molar-refractivity contribution in [3.8, 4) is 17.2 Å². The molecule has 0 saturated heterocycles.